The van der Waals surface area contributed by atoms with Crippen LogP contribution < -0.4 is 0 Å². The summed E-state index contributed by atoms with van der Waals surface area (Å²) < 4.78 is 24.1. The third kappa shape index (κ3) is 4.24. The highest BCUT2D eigenvalue weighted by atomic mass is 35.7. The van der Waals surface area contributed by atoms with E-state index in [0.29, 0.717) is 9.79 Å². The third-order valence-corrected chi connectivity index (χ3v) is 9.39. The molecule has 2 heterocycles. The van der Waals surface area contributed by atoms with Gasteiger partial charge in [-0.1, -0.05) is 0 Å². The van der Waals surface area contributed by atoms with E-state index >= 15 is 0 Å². The van der Waals surface area contributed by atoms with Gasteiger partial charge in [0.2, 0.25) is 0 Å². The van der Waals surface area contributed by atoms with E-state index < -0.39 is 20.0 Å². The van der Waals surface area contributed by atoms with Gasteiger partial charge >= 0.3 is 0 Å². The highest BCUT2D eigenvalue weighted by Crippen LogP contribution is 2.43. The van der Waals surface area contributed by atoms with Crippen LogP contribution in [-0.4, -0.2) is 8.42 Å². The molecular weight excluding hydrogens is 391 g/mol. The first-order valence-corrected chi connectivity index (χ1v) is 12.1. The fraction of sp³-hybridized carbons (Fsp3) is 0. The molecular formula is C8H4Cl2O2S6. The minimum absolute atomic E-state index is 0.624. The van der Waals surface area contributed by atoms with Gasteiger partial charge in [0.1, 0.15) is 20.0 Å². The van der Waals surface area contributed by atoms with Crippen LogP contribution in [0.5, 0.6) is 0 Å². The molecule has 0 fully saturated rings. The minimum Gasteiger partial charge on any atom is -0.237 e. The SMILES string of the molecule is O=S(Cl)c1csc(SSc2cc(S(=O)Cl)cs2)c1. The van der Waals surface area contributed by atoms with E-state index in [2.05, 4.69) is 0 Å². The summed E-state index contributed by atoms with van der Waals surface area (Å²) in [4.78, 5) is 1.25. The van der Waals surface area contributed by atoms with Crippen LogP contribution in [0.2, 0.25) is 0 Å². The predicted octanol–water partition coefficient (Wildman–Crippen LogP) is 5.13. The fourth-order valence-corrected chi connectivity index (χ4v) is 7.68. The van der Waals surface area contributed by atoms with Crippen LogP contribution in [0.15, 0.2) is 41.1 Å². The van der Waals surface area contributed by atoms with Crippen molar-refractivity contribution in [3.8, 4) is 0 Å². The summed E-state index contributed by atoms with van der Waals surface area (Å²) in [5.74, 6) is 0. The highest BCUT2D eigenvalue weighted by molar-refractivity contribution is 8.77. The first-order chi connectivity index (χ1) is 8.56. The summed E-state index contributed by atoms with van der Waals surface area (Å²) in [5.41, 5.74) is 0. The maximum absolute atomic E-state index is 11.0. The Bertz CT molecular complexity index is 540. The first kappa shape index (κ1) is 15.4. The smallest absolute Gasteiger partial charge is 0.148 e. The molecule has 0 radical (unpaired) electrons. The summed E-state index contributed by atoms with van der Waals surface area (Å²) in [6, 6.07) is 3.61. The molecule has 2 unspecified atom stereocenters. The van der Waals surface area contributed by atoms with Gasteiger partial charge in [0.05, 0.1) is 18.2 Å². The van der Waals surface area contributed by atoms with Crippen molar-refractivity contribution in [2.45, 2.75) is 18.2 Å². The van der Waals surface area contributed by atoms with E-state index in [9.17, 15) is 8.42 Å². The fourth-order valence-electron chi connectivity index (χ4n) is 0.939. The van der Waals surface area contributed by atoms with Crippen molar-refractivity contribution in [2.24, 2.45) is 0 Å². The summed E-state index contributed by atoms with van der Waals surface area (Å²) in [6.07, 6.45) is 0. The molecule has 0 bridgehead atoms. The molecule has 2 aromatic heterocycles. The Labute approximate surface area is 134 Å². The van der Waals surface area contributed by atoms with Crippen LogP contribution in [-0.2, 0) is 20.0 Å². The Morgan fingerprint density at radius 3 is 1.56 bits per heavy atom. The second kappa shape index (κ2) is 7.12. The lowest BCUT2D eigenvalue weighted by atomic mass is 10.7. The first-order valence-electron chi connectivity index (χ1n) is 4.24. The molecule has 0 aromatic carbocycles. The highest BCUT2D eigenvalue weighted by Gasteiger charge is 2.08. The summed E-state index contributed by atoms with van der Waals surface area (Å²) in [6.45, 7) is 0. The van der Waals surface area contributed by atoms with Crippen molar-refractivity contribution in [1.29, 1.82) is 0 Å². The lowest BCUT2D eigenvalue weighted by Crippen LogP contribution is -1.72. The van der Waals surface area contributed by atoms with Crippen molar-refractivity contribution in [2.75, 3.05) is 0 Å². The van der Waals surface area contributed by atoms with Gasteiger partial charge in [-0.3, -0.25) is 0 Å². The predicted molar refractivity (Wildman–Crippen MR) is 84.9 cm³/mol. The Morgan fingerprint density at radius 1 is 0.889 bits per heavy atom. The lowest BCUT2D eigenvalue weighted by molar-refractivity contribution is 0.690. The second-order valence-corrected chi connectivity index (χ2v) is 10.9. The zero-order valence-electron chi connectivity index (χ0n) is 8.33. The molecule has 98 valence electrons. The number of hydrogen-bond donors (Lipinski definition) is 0. The molecule has 0 aliphatic heterocycles. The normalized spacial score (nSPS) is 14.6. The standard InChI is InChI=1S/C8H4Cl2O2S6/c9-17(11)5-1-7(13-3-5)15-16-8-2-6(4-14-8)18(10)12/h1-4H. The quantitative estimate of drug-likeness (QED) is 0.519. The van der Waals surface area contributed by atoms with Crippen LogP contribution >= 0.6 is 65.6 Å². The van der Waals surface area contributed by atoms with Crippen molar-refractivity contribution >= 4 is 85.7 Å². The van der Waals surface area contributed by atoms with Gasteiger partial charge in [-0.15, -0.1) is 22.7 Å². The molecule has 10 heteroatoms. The van der Waals surface area contributed by atoms with Crippen LogP contribution in [0.3, 0.4) is 0 Å². The van der Waals surface area contributed by atoms with E-state index in [-0.39, 0.29) is 0 Å². The maximum Gasteiger partial charge on any atom is 0.148 e. The third-order valence-electron chi connectivity index (χ3n) is 1.68. The van der Waals surface area contributed by atoms with Gasteiger partial charge in [0.25, 0.3) is 0 Å². The largest absolute Gasteiger partial charge is 0.237 e. The topological polar surface area (TPSA) is 34.1 Å². The monoisotopic (exact) mass is 394 g/mol. The van der Waals surface area contributed by atoms with Crippen LogP contribution in [0, 0.1) is 0 Å². The summed E-state index contributed by atoms with van der Waals surface area (Å²) in [5, 5.41) is 3.55. The molecule has 2 rings (SSSR count). The lowest BCUT2D eigenvalue weighted by Gasteiger charge is -1.92. The molecule has 0 aliphatic rings. The van der Waals surface area contributed by atoms with Gasteiger partial charge < -0.3 is 0 Å². The summed E-state index contributed by atoms with van der Waals surface area (Å²) in [7, 11) is 11.2. The van der Waals surface area contributed by atoms with Crippen LogP contribution in [0.1, 0.15) is 0 Å². The molecule has 0 N–H and O–H groups in total. The van der Waals surface area contributed by atoms with Gasteiger partial charge in [-0.2, -0.15) is 0 Å². The average Bonchev–Trinajstić information content (AvgIpc) is 2.95. The van der Waals surface area contributed by atoms with Gasteiger partial charge in [-0.05, 0) is 55.1 Å². The summed E-state index contributed by atoms with van der Waals surface area (Å²) >= 11 is 2.99. The number of halogens is 2. The van der Waals surface area contributed by atoms with Gasteiger partial charge in [0, 0.05) is 10.8 Å². The van der Waals surface area contributed by atoms with E-state index in [4.69, 9.17) is 21.4 Å². The molecule has 2 atom stereocenters. The van der Waals surface area contributed by atoms with E-state index in [1.54, 1.807) is 44.5 Å². The number of hydrogen-bond acceptors (Lipinski definition) is 6. The second-order valence-electron chi connectivity index (χ2n) is 2.82. The molecule has 0 amide bonds. The zero-order chi connectivity index (χ0) is 13.1. The van der Waals surface area contributed by atoms with Gasteiger partial charge in [0.15, 0.2) is 0 Å². The maximum atomic E-state index is 11.0. The molecule has 2 aromatic rings. The Hall–Kier alpha value is 0.980. The minimum atomic E-state index is -1.45. The van der Waals surface area contributed by atoms with E-state index in [1.807, 2.05) is 0 Å². The molecule has 0 saturated heterocycles. The van der Waals surface area contributed by atoms with Crippen molar-refractivity contribution in [3.63, 3.8) is 0 Å². The average molecular weight is 395 g/mol. The number of rotatable bonds is 5. The zero-order valence-corrected chi connectivity index (χ0v) is 14.7. The Kier molecular flexibility index (Phi) is 6.08. The Morgan fingerprint density at radius 2 is 1.28 bits per heavy atom. The molecule has 2 nitrogen and oxygen atoms in total. The molecule has 18 heavy (non-hydrogen) atoms. The molecule has 0 aliphatic carbocycles. The van der Waals surface area contributed by atoms with E-state index in [0.717, 1.165) is 8.42 Å². The van der Waals surface area contributed by atoms with Gasteiger partial charge in [-0.25, -0.2) is 8.42 Å². The van der Waals surface area contributed by atoms with E-state index in [1.165, 1.54) is 22.7 Å². The number of thiophene rings is 2. The molecule has 0 saturated carbocycles. The van der Waals surface area contributed by atoms with Crippen molar-refractivity contribution in [1.82, 2.24) is 0 Å². The van der Waals surface area contributed by atoms with Crippen molar-refractivity contribution < 1.29 is 8.42 Å². The molecule has 0 spiro atoms. The van der Waals surface area contributed by atoms with Crippen LogP contribution in [0.25, 0.3) is 0 Å². The Balaban J connectivity index is 1.97. The van der Waals surface area contributed by atoms with Crippen LogP contribution in [0.4, 0.5) is 0 Å². The van der Waals surface area contributed by atoms with Crippen molar-refractivity contribution in [3.05, 3.63) is 22.9 Å².